The lowest BCUT2D eigenvalue weighted by Crippen LogP contribution is -2.34. The highest BCUT2D eigenvalue weighted by Gasteiger charge is 2.20. The Morgan fingerprint density at radius 2 is 1.26 bits per heavy atom. The summed E-state index contributed by atoms with van der Waals surface area (Å²) in [7, 11) is 0. The number of halogens is 1. The maximum atomic E-state index is 8.78. The first kappa shape index (κ1) is 19.2. The second-order valence-corrected chi connectivity index (χ2v) is 6.01. The molecule has 4 heteroatoms. The minimum atomic E-state index is 0. The molecule has 0 amide bonds. The molecule has 0 saturated heterocycles. The highest BCUT2D eigenvalue weighted by molar-refractivity contribution is 5.85. The molecule has 19 heavy (non-hydrogen) atoms. The highest BCUT2D eigenvalue weighted by Crippen LogP contribution is 2.24. The summed E-state index contributed by atoms with van der Waals surface area (Å²) in [6, 6.07) is 0.785. The number of aliphatic hydroxyl groups excluding tert-OH is 1. The molecule has 2 fully saturated rings. The van der Waals surface area contributed by atoms with Crippen molar-refractivity contribution in [1.29, 1.82) is 0 Å². The average molecular weight is 293 g/mol. The molecular weight excluding hydrogens is 260 g/mol. The van der Waals surface area contributed by atoms with Gasteiger partial charge < -0.3 is 16.6 Å². The van der Waals surface area contributed by atoms with Gasteiger partial charge in [0.1, 0.15) is 0 Å². The molecule has 0 radical (unpaired) electrons. The van der Waals surface area contributed by atoms with Crippen LogP contribution in [-0.4, -0.2) is 23.8 Å². The standard InChI is InChI=1S/C8H17N.C7H15NO.ClH/c1-2-7-5-3-4-6-8(7)9;8-7-4-2-1-3-6(7)5-9;/h7-8H,2-6,9H2,1H3;6-7,9H,1-5,8H2;1H/t7-,8-;6-,7+;/m01./s1. The van der Waals surface area contributed by atoms with Crippen LogP contribution in [0.15, 0.2) is 0 Å². The van der Waals surface area contributed by atoms with Gasteiger partial charge in [0.2, 0.25) is 0 Å². The average Bonchev–Trinajstić information content (AvgIpc) is 2.41. The predicted octanol–water partition coefficient (Wildman–Crippen LogP) is 2.83. The zero-order chi connectivity index (χ0) is 13.4. The lowest BCUT2D eigenvalue weighted by molar-refractivity contribution is 0.171. The minimum absolute atomic E-state index is 0. The topological polar surface area (TPSA) is 72.3 Å². The predicted molar refractivity (Wildman–Crippen MR) is 84.5 cm³/mol. The molecule has 116 valence electrons. The van der Waals surface area contributed by atoms with E-state index >= 15 is 0 Å². The number of aliphatic hydroxyl groups is 1. The fourth-order valence-electron chi connectivity index (χ4n) is 3.21. The van der Waals surface area contributed by atoms with Gasteiger partial charge in [-0.2, -0.15) is 0 Å². The van der Waals surface area contributed by atoms with Gasteiger partial charge in [0, 0.05) is 18.7 Å². The molecule has 0 aromatic heterocycles. The lowest BCUT2D eigenvalue weighted by Gasteiger charge is -2.27. The maximum Gasteiger partial charge on any atom is 0.0474 e. The van der Waals surface area contributed by atoms with E-state index in [1.165, 1.54) is 44.9 Å². The maximum absolute atomic E-state index is 8.78. The quantitative estimate of drug-likeness (QED) is 0.733. The first-order valence-corrected chi connectivity index (χ1v) is 7.81. The zero-order valence-electron chi connectivity index (χ0n) is 12.4. The molecule has 0 heterocycles. The Balaban J connectivity index is 0.000000324. The van der Waals surface area contributed by atoms with E-state index < -0.39 is 0 Å². The van der Waals surface area contributed by atoms with Crippen LogP contribution in [0.25, 0.3) is 0 Å². The van der Waals surface area contributed by atoms with E-state index in [1.807, 2.05) is 0 Å². The van der Waals surface area contributed by atoms with Crippen LogP contribution in [0, 0.1) is 11.8 Å². The summed E-state index contributed by atoms with van der Waals surface area (Å²) in [5.74, 6) is 1.22. The molecule has 0 bridgehead atoms. The SMILES string of the molecule is CC[C@H]1CCCC[C@@H]1N.Cl.N[C@H]1CCCC[C@@H]1CO. The molecular formula is C15H33ClN2O. The van der Waals surface area contributed by atoms with Gasteiger partial charge in [-0.15, -0.1) is 12.4 Å². The highest BCUT2D eigenvalue weighted by atomic mass is 35.5. The molecule has 0 aliphatic heterocycles. The summed E-state index contributed by atoms with van der Waals surface area (Å²) in [6.45, 7) is 2.52. The molecule has 2 aliphatic carbocycles. The van der Waals surface area contributed by atoms with Crippen molar-refractivity contribution in [1.82, 2.24) is 0 Å². The van der Waals surface area contributed by atoms with Crippen LogP contribution in [0.3, 0.4) is 0 Å². The first-order valence-electron chi connectivity index (χ1n) is 7.81. The first-order chi connectivity index (χ1) is 8.69. The summed E-state index contributed by atoms with van der Waals surface area (Å²) in [6.07, 6.45) is 11.4. The molecule has 5 N–H and O–H groups in total. The van der Waals surface area contributed by atoms with E-state index in [4.69, 9.17) is 16.6 Å². The fraction of sp³-hybridized carbons (Fsp3) is 1.00. The Morgan fingerprint density at radius 1 is 0.842 bits per heavy atom. The molecule has 2 aliphatic rings. The molecule has 2 saturated carbocycles. The van der Waals surface area contributed by atoms with E-state index in [-0.39, 0.29) is 25.1 Å². The van der Waals surface area contributed by atoms with Gasteiger partial charge in [-0.1, -0.05) is 39.0 Å². The van der Waals surface area contributed by atoms with Crippen molar-refractivity contribution in [2.24, 2.45) is 23.3 Å². The summed E-state index contributed by atoms with van der Waals surface area (Å²) in [5, 5.41) is 8.78. The Hall–Kier alpha value is 0.170. The van der Waals surface area contributed by atoms with Gasteiger partial charge in [-0.3, -0.25) is 0 Å². The smallest absolute Gasteiger partial charge is 0.0474 e. The van der Waals surface area contributed by atoms with Crippen molar-refractivity contribution < 1.29 is 5.11 Å². The van der Waals surface area contributed by atoms with E-state index in [9.17, 15) is 0 Å². The van der Waals surface area contributed by atoms with Gasteiger partial charge in [0.15, 0.2) is 0 Å². The summed E-state index contributed by atoms with van der Waals surface area (Å²) in [4.78, 5) is 0. The van der Waals surface area contributed by atoms with Crippen LogP contribution in [-0.2, 0) is 0 Å². The van der Waals surface area contributed by atoms with Crippen molar-refractivity contribution in [2.45, 2.75) is 76.8 Å². The normalized spacial score (nSPS) is 34.7. The number of hydrogen-bond acceptors (Lipinski definition) is 3. The van der Waals surface area contributed by atoms with E-state index in [0.717, 1.165) is 18.8 Å². The molecule has 2 rings (SSSR count). The van der Waals surface area contributed by atoms with Gasteiger partial charge >= 0.3 is 0 Å². The number of hydrogen-bond donors (Lipinski definition) is 3. The zero-order valence-corrected chi connectivity index (χ0v) is 13.2. The Bertz CT molecular complexity index is 194. The van der Waals surface area contributed by atoms with Crippen molar-refractivity contribution in [3.63, 3.8) is 0 Å². The van der Waals surface area contributed by atoms with Gasteiger partial charge in [0.05, 0.1) is 0 Å². The third-order valence-electron chi connectivity index (χ3n) is 4.69. The Kier molecular flexibility index (Phi) is 11.0. The molecule has 0 aromatic rings. The van der Waals surface area contributed by atoms with Crippen molar-refractivity contribution in [2.75, 3.05) is 6.61 Å². The van der Waals surface area contributed by atoms with Crippen LogP contribution < -0.4 is 11.5 Å². The van der Waals surface area contributed by atoms with Gasteiger partial charge in [-0.25, -0.2) is 0 Å². The van der Waals surface area contributed by atoms with Crippen LogP contribution in [0.5, 0.6) is 0 Å². The summed E-state index contributed by atoms with van der Waals surface area (Å²) >= 11 is 0. The number of nitrogens with two attached hydrogens (primary N) is 2. The third kappa shape index (κ3) is 6.94. The van der Waals surface area contributed by atoms with E-state index in [1.54, 1.807) is 0 Å². The summed E-state index contributed by atoms with van der Waals surface area (Å²) in [5.41, 5.74) is 11.6. The van der Waals surface area contributed by atoms with Crippen molar-refractivity contribution >= 4 is 12.4 Å². The molecule has 0 unspecified atom stereocenters. The third-order valence-corrected chi connectivity index (χ3v) is 4.69. The molecule has 4 atom stereocenters. The Labute approximate surface area is 124 Å². The summed E-state index contributed by atoms with van der Waals surface area (Å²) < 4.78 is 0. The fourth-order valence-corrected chi connectivity index (χ4v) is 3.21. The number of rotatable bonds is 2. The van der Waals surface area contributed by atoms with Gasteiger partial charge in [0.25, 0.3) is 0 Å². The Morgan fingerprint density at radius 3 is 1.53 bits per heavy atom. The van der Waals surface area contributed by atoms with Crippen molar-refractivity contribution in [3.8, 4) is 0 Å². The van der Waals surface area contributed by atoms with Crippen LogP contribution >= 0.6 is 12.4 Å². The van der Waals surface area contributed by atoms with Crippen LogP contribution in [0.2, 0.25) is 0 Å². The largest absolute Gasteiger partial charge is 0.396 e. The second kappa shape index (κ2) is 10.9. The lowest BCUT2D eigenvalue weighted by atomic mass is 9.84. The van der Waals surface area contributed by atoms with Crippen molar-refractivity contribution in [3.05, 3.63) is 0 Å². The second-order valence-electron chi connectivity index (χ2n) is 6.01. The van der Waals surface area contributed by atoms with Crippen LogP contribution in [0.1, 0.15) is 64.7 Å². The van der Waals surface area contributed by atoms with Gasteiger partial charge in [-0.05, 0) is 37.5 Å². The van der Waals surface area contributed by atoms with Crippen LogP contribution in [0.4, 0.5) is 0 Å². The van der Waals surface area contributed by atoms with E-state index in [0.29, 0.717) is 12.0 Å². The molecule has 0 spiro atoms. The molecule has 0 aromatic carbocycles. The monoisotopic (exact) mass is 292 g/mol. The molecule has 3 nitrogen and oxygen atoms in total. The van der Waals surface area contributed by atoms with E-state index in [2.05, 4.69) is 6.92 Å². The minimum Gasteiger partial charge on any atom is -0.396 e.